The summed E-state index contributed by atoms with van der Waals surface area (Å²) in [7, 11) is 0. The summed E-state index contributed by atoms with van der Waals surface area (Å²) in [4.78, 5) is 49.7. The quantitative estimate of drug-likeness (QED) is 0.307. The standard InChI is InChI=1S/C17H25F3IN3O4/c1-8(2)11(13(25)17(18,19)20)22-14(26)10-6-5-7-24(10)15(27)12(9(3)4)23-16(21)28/h8-12H,5-7H2,1-4H3,(H,22,26)(H,23,28)/t10-,11-,12-/m0/s1. The number of hydrogen-bond acceptors (Lipinski definition) is 4. The second-order valence-corrected chi connectivity index (χ2v) is 8.40. The van der Waals surface area contributed by atoms with Crippen molar-refractivity contribution in [1.29, 1.82) is 0 Å². The minimum absolute atomic E-state index is 0.245. The van der Waals surface area contributed by atoms with E-state index in [9.17, 15) is 32.3 Å². The Morgan fingerprint density at radius 2 is 1.54 bits per heavy atom. The van der Waals surface area contributed by atoms with Crippen LogP contribution in [0.5, 0.6) is 0 Å². The van der Waals surface area contributed by atoms with Crippen molar-refractivity contribution in [2.24, 2.45) is 11.8 Å². The number of hydrogen-bond donors (Lipinski definition) is 2. The molecule has 7 nitrogen and oxygen atoms in total. The normalized spacial score (nSPS) is 19.5. The van der Waals surface area contributed by atoms with E-state index in [0.717, 1.165) is 0 Å². The van der Waals surface area contributed by atoms with Crippen molar-refractivity contribution in [2.75, 3.05) is 6.54 Å². The van der Waals surface area contributed by atoms with Gasteiger partial charge in [-0.1, -0.05) is 27.7 Å². The summed E-state index contributed by atoms with van der Waals surface area (Å²) in [6.45, 7) is 6.51. The molecule has 0 aromatic rings. The van der Waals surface area contributed by atoms with Gasteiger partial charge < -0.3 is 15.5 Å². The van der Waals surface area contributed by atoms with E-state index in [4.69, 9.17) is 0 Å². The molecule has 1 rings (SSSR count). The highest BCUT2D eigenvalue weighted by Crippen LogP contribution is 2.24. The van der Waals surface area contributed by atoms with E-state index in [2.05, 4.69) is 10.6 Å². The lowest BCUT2D eigenvalue weighted by atomic mass is 9.98. The number of Topliss-reactive ketones (excluding diaryl/α,β-unsaturated/α-hetero) is 1. The molecule has 0 bridgehead atoms. The fraction of sp³-hybridized carbons (Fsp3) is 0.765. The highest BCUT2D eigenvalue weighted by atomic mass is 127. The van der Waals surface area contributed by atoms with E-state index in [1.807, 2.05) is 0 Å². The summed E-state index contributed by atoms with van der Waals surface area (Å²) in [5, 5.41) is 4.70. The Bertz CT molecular complexity index is 625. The molecular weight excluding hydrogens is 494 g/mol. The molecule has 1 heterocycles. The number of amides is 3. The maximum absolute atomic E-state index is 12.8. The SMILES string of the molecule is CC(C)[C@H](NC(=O)I)C(=O)N1CCC[C@H]1C(=O)N[C@H](C(=O)C(F)(F)F)C(C)C. The number of carbonyl (C=O) groups excluding carboxylic acids is 4. The monoisotopic (exact) mass is 519 g/mol. The van der Waals surface area contributed by atoms with Crippen LogP contribution in [-0.2, 0) is 14.4 Å². The first-order valence-corrected chi connectivity index (χ1v) is 10.0. The highest BCUT2D eigenvalue weighted by molar-refractivity contribution is 14.1. The van der Waals surface area contributed by atoms with Gasteiger partial charge in [-0.15, -0.1) is 0 Å². The van der Waals surface area contributed by atoms with Crippen molar-refractivity contribution < 1.29 is 32.3 Å². The Balaban J connectivity index is 2.98. The Kier molecular flexibility index (Phi) is 8.69. The van der Waals surface area contributed by atoms with Crippen LogP contribution in [-0.4, -0.2) is 57.3 Å². The number of halogens is 4. The summed E-state index contributed by atoms with van der Waals surface area (Å²) < 4.78 is 38.0. The molecule has 1 aliphatic rings. The van der Waals surface area contributed by atoms with Crippen LogP contribution in [0.25, 0.3) is 0 Å². The van der Waals surface area contributed by atoms with Gasteiger partial charge >= 0.3 is 6.18 Å². The molecule has 1 saturated heterocycles. The van der Waals surface area contributed by atoms with Gasteiger partial charge in [0.05, 0.1) is 6.04 Å². The number of nitrogens with zero attached hydrogens (tertiary/aromatic N) is 1. The van der Waals surface area contributed by atoms with Crippen molar-refractivity contribution in [1.82, 2.24) is 15.5 Å². The van der Waals surface area contributed by atoms with E-state index in [1.54, 1.807) is 13.8 Å². The molecule has 1 aliphatic heterocycles. The molecule has 0 spiro atoms. The largest absolute Gasteiger partial charge is 0.452 e. The average molecular weight is 519 g/mol. The maximum atomic E-state index is 12.8. The van der Waals surface area contributed by atoms with Crippen LogP contribution in [0, 0.1) is 11.8 Å². The van der Waals surface area contributed by atoms with E-state index in [1.165, 1.54) is 41.3 Å². The number of rotatable bonds is 7. The van der Waals surface area contributed by atoms with Crippen LogP contribution >= 0.6 is 22.6 Å². The first kappa shape index (κ1) is 24.6. The fourth-order valence-corrected chi connectivity index (χ4v) is 3.41. The smallest absolute Gasteiger partial charge is 0.344 e. The van der Waals surface area contributed by atoms with Crippen molar-refractivity contribution in [3.05, 3.63) is 0 Å². The Morgan fingerprint density at radius 3 is 1.96 bits per heavy atom. The summed E-state index contributed by atoms with van der Waals surface area (Å²) >= 11 is 1.50. The Labute approximate surface area is 175 Å². The molecule has 3 atom stereocenters. The van der Waals surface area contributed by atoms with Crippen LogP contribution in [0.4, 0.5) is 18.0 Å². The molecule has 0 aromatic carbocycles. The molecule has 0 aromatic heterocycles. The van der Waals surface area contributed by atoms with Gasteiger partial charge in [0.25, 0.3) is 9.70 Å². The van der Waals surface area contributed by atoms with Crippen LogP contribution in [0.2, 0.25) is 0 Å². The zero-order valence-corrected chi connectivity index (χ0v) is 18.3. The first-order valence-electron chi connectivity index (χ1n) is 8.95. The van der Waals surface area contributed by atoms with Gasteiger partial charge in [-0.05, 0) is 24.7 Å². The Morgan fingerprint density at radius 1 is 1.00 bits per heavy atom. The van der Waals surface area contributed by atoms with Crippen LogP contribution in [0.1, 0.15) is 40.5 Å². The molecule has 0 radical (unpaired) electrons. The van der Waals surface area contributed by atoms with Crippen molar-refractivity contribution in [3.8, 4) is 0 Å². The molecular formula is C17H25F3IN3O4. The average Bonchev–Trinajstić information content (AvgIpc) is 3.04. The maximum Gasteiger partial charge on any atom is 0.452 e. The minimum Gasteiger partial charge on any atom is -0.344 e. The third-order valence-corrected chi connectivity index (χ3v) is 4.88. The van der Waals surface area contributed by atoms with Crippen molar-refractivity contribution >= 4 is 44.1 Å². The van der Waals surface area contributed by atoms with Gasteiger partial charge in [0.15, 0.2) is 0 Å². The molecule has 11 heteroatoms. The van der Waals surface area contributed by atoms with Gasteiger partial charge in [0.1, 0.15) is 12.1 Å². The fourth-order valence-electron chi connectivity index (χ4n) is 3.08. The third-order valence-electron chi connectivity index (χ3n) is 4.57. The van der Waals surface area contributed by atoms with Gasteiger partial charge in [-0.2, -0.15) is 13.2 Å². The van der Waals surface area contributed by atoms with Crippen molar-refractivity contribution in [2.45, 2.75) is 64.8 Å². The molecule has 28 heavy (non-hydrogen) atoms. The number of alkyl halides is 3. The lowest BCUT2D eigenvalue weighted by molar-refractivity contribution is -0.175. The van der Waals surface area contributed by atoms with Gasteiger partial charge in [0.2, 0.25) is 11.8 Å². The lowest BCUT2D eigenvalue weighted by Gasteiger charge is -2.31. The summed E-state index contributed by atoms with van der Waals surface area (Å²) in [6.07, 6.45) is -4.31. The van der Waals surface area contributed by atoms with Gasteiger partial charge in [-0.25, -0.2) is 0 Å². The summed E-state index contributed by atoms with van der Waals surface area (Å²) in [6, 6.07) is -3.56. The molecule has 2 N–H and O–H groups in total. The molecule has 0 saturated carbocycles. The number of carbonyl (C=O) groups is 4. The van der Waals surface area contributed by atoms with E-state index in [-0.39, 0.29) is 18.9 Å². The molecule has 160 valence electrons. The van der Waals surface area contributed by atoms with Crippen LogP contribution < -0.4 is 10.6 Å². The topological polar surface area (TPSA) is 95.6 Å². The number of ketones is 1. The van der Waals surface area contributed by atoms with Gasteiger partial charge in [0, 0.05) is 29.1 Å². The summed E-state index contributed by atoms with van der Waals surface area (Å²) in [5.74, 6) is -4.31. The van der Waals surface area contributed by atoms with Crippen LogP contribution in [0.3, 0.4) is 0 Å². The highest BCUT2D eigenvalue weighted by Gasteiger charge is 2.46. The minimum atomic E-state index is -5.07. The van der Waals surface area contributed by atoms with E-state index in [0.29, 0.717) is 6.42 Å². The molecule has 3 amide bonds. The zero-order chi connectivity index (χ0) is 21.8. The van der Waals surface area contributed by atoms with E-state index >= 15 is 0 Å². The van der Waals surface area contributed by atoms with E-state index < -0.39 is 51.7 Å². The zero-order valence-electron chi connectivity index (χ0n) is 16.1. The number of nitrogens with one attached hydrogen (secondary N) is 2. The lowest BCUT2D eigenvalue weighted by Crippen LogP contribution is -2.57. The molecule has 1 fully saturated rings. The molecule has 0 unspecified atom stereocenters. The Hall–Kier alpha value is -1.40. The van der Waals surface area contributed by atoms with Crippen LogP contribution in [0.15, 0.2) is 0 Å². The second kappa shape index (κ2) is 9.88. The van der Waals surface area contributed by atoms with Crippen molar-refractivity contribution in [3.63, 3.8) is 0 Å². The predicted octanol–water partition coefficient (Wildman–Crippen LogP) is 2.42. The molecule has 0 aliphatic carbocycles. The summed E-state index contributed by atoms with van der Waals surface area (Å²) in [5.41, 5.74) is 0. The number of likely N-dealkylation sites (tertiary alicyclic amines) is 1. The first-order chi connectivity index (χ1) is 12.8. The second-order valence-electron chi connectivity index (χ2n) is 7.42. The van der Waals surface area contributed by atoms with Gasteiger partial charge in [-0.3, -0.25) is 19.2 Å². The third kappa shape index (κ3) is 6.31. The predicted molar refractivity (Wildman–Crippen MR) is 104 cm³/mol.